The minimum absolute atomic E-state index is 0.0246. The standard InChI is InChI=1S/C12H9FO3/c1-6-8-3-2-7(13)4-10(8)11(14)5-9(6)12(15)16/h2-5,14H,1H3,(H,15,16). The first-order valence-corrected chi connectivity index (χ1v) is 4.66. The SMILES string of the molecule is Cc1c(C(=O)O)cc(O)c2cc(F)ccc12. The zero-order valence-electron chi connectivity index (χ0n) is 8.49. The Kier molecular flexibility index (Phi) is 2.27. The van der Waals surface area contributed by atoms with Crippen LogP contribution >= 0.6 is 0 Å². The lowest BCUT2D eigenvalue weighted by Crippen LogP contribution is -2.00. The second kappa shape index (κ2) is 3.48. The van der Waals surface area contributed by atoms with Gasteiger partial charge >= 0.3 is 5.97 Å². The molecule has 0 bridgehead atoms. The van der Waals surface area contributed by atoms with Crippen LogP contribution in [0.4, 0.5) is 4.39 Å². The van der Waals surface area contributed by atoms with Gasteiger partial charge in [-0.2, -0.15) is 0 Å². The van der Waals surface area contributed by atoms with Gasteiger partial charge < -0.3 is 10.2 Å². The highest BCUT2D eigenvalue weighted by Crippen LogP contribution is 2.30. The van der Waals surface area contributed by atoms with Crippen molar-refractivity contribution in [3.63, 3.8) is 0 Å². The number of carboxylic acids is 1. The molecule has 4 heteroatoms. The maximum absolute atomic E-state index is 13.0. The molecule has 0 aliphatic heterocycles. The number of halogens is 1. The summed E-state index contributed by atoms with van der Waals surface area (Å²) in [6, 6.07) is 5.02. The van der Waals surface area contributed by atoms with Crippen molar-refractivity contribution in [1.82, 2.24) is 0 Å². The molecule has 0 unspecified atom stereocenters. The average Bonchev–Trinajstić information content (AvgIpc) is 2.22. The Balaban J connectivity index is 2.90. The van der Waals surface area contributed by atoms with E-state index in [0.29, 0.717) is 16.3 Å². The van der Waals surface area contributed by atoms with E-state index in [2.05, 4.69) is 0 Å². The minimum atomic E-state index is -1.11. The number of fused-ring (bicyclic) bond motifs is 1. The molecule has 0 saturated carbocycles. The molecule has 0 aromatic heterocycles. The van der Waals surface area contributed by atoms with Gasteiger partial charge in [-0.3, -0.25) is 0 Å². The second-order valence-corrected chi connectivity index (χ2v) is 3.56. The van der Waals surface area contributed by atoms with E-state index in [1.54, 1.807) is 6.92 Å². The van der Waals surface area contributed by atoms with Crippen LogP contribution in [0.2, 0.25) is 0 Å². The van der Waals surface area contributed by atoms with Gasteiger partial charge in [0.25, 0.3) is 0 Å². The number of aromatic carboxylic acids is 1. The summed E-state index contributed by atoms with van der Waals surface area (Å²) in [7, 11) is 0. The van der Waals surface area contributed by atoms with Gasteiger partial charge in [0.1, 0.15) is 11.6 Å². The van der Waals surface area contributed by atoms with Crippen molar-refractivity contribution in [3.05, 3.63) is 41.2 Å². The molecule has 2 aromatic rings. The Hall–Kier alpha value is -2.10. The molecule has 0 atom stereocenters. The molecule has 0 spiro atoms. The highest BCUT2D eigenvalue weighted by atomic mass is 19.1. The van der Waals surface area contributed by atoms with Crippen LogP contribution in [0.15, 0.2) is 24.3 Å². The van der Waals surface area contributed by atoms with Crippen molar-refractivity contribution >= 4 is 16.7 Å². The Labute approximate surface area is 90.8 Å². The summed E-state index contributed by atoms with van der Waals surface area (Å²) in [4.78, 5) is 10.9. The normalized spacial score (nSPS) is 10.6. The number of carboxylic acid groups (broad SMARTS) is 1. The molecule has 0 heterocycles. The molecule has 2 N–H and O–H groups in total. The number of rotatable bonds is 1. The van der Waals surface area contributed by atoms with Crippen LogP contribution in [0.5, 0.6) is 5.75 Å². The van der Waals surface area contributed by atoms with Gasteiger partial charge in [-0.05, 0) is 36.1 Å². The molecule has 82 valence electrons. The number of carbonyl (C=O) groups is 1. The van der Waals surface area contributed by atoms with E-state index in [-0.39, 0.29) is 11.3 Å². The molecular formula is C12H9FO3. The summed E-state index contributed by atoms with van der Waals surface area (Å²) in [6.45, 7) is 1.63. The summed E-state index contributed by atoms with van der Waals surface area (Å²) in [5.74, 6) is -1.80. The van der Waals surface area contributed by atoms with Gasteiger partial charge in [-0.1, -0.05) is 6.07 Å². The van der Waals surface area contributed by atoms with Crippen molar-refractivity contribution in [3.8, 4) is 5.75 Å². The molecule has 3 nitrogen and oxygen atoms in total. The third-order valence-electron chi connectivity index (χ3n) is 2.58. The van der Waals surface area contributed by atoms with E-state index in [0.717, 1.165) is 6.07 Å². The lowest BCUT2D eigenvalue weighted by atomic mass is 9.99. The lowest BCUT2D eigenvalue weighted by Gasteiger charge is -2.08. The zero-order chi connectivity index (χ0) is 11.9. The highest BCUT2D eigenvalue weighted by Gasteiger charge is 2.13. The maximum Gasteiger partial charge on any atom is 0.336 e. The van der Waals surface area contributed by atoms with Gasteiger partial charge in [-0.25, -0.2) is 9.18 Å². The highest BCUT2D eigenvalue weighted by molar-refractivity contribution is 6.00. The van der Waals surface area contributed by atoms with Crippen molar-refractivity contribution in [2.24, 2.45) is 0 Å². The monoisotopic (exact) mass is 220 g/mol. The van der Waals surface area contributed by atoms with Crippen LogP contribution in [0.3, 0.4) is 0 Å². The predicted molar refractivity (Wildman–Crippen MR) is 57.3 cm³/mol. The number of aryl methyl sites for hydroxylation is 1. The van der Waals surface area contributed by atoms with Crippen LogP contribution in [0, 0.1) is 12.7 Å². The van der Waals surface area contributed by atoms with Gasteiger partial charge in [0.15, 0.2) is 0 Å². The Bertz CT molecular complexity index is 590. The molecule has 0 amide bonds. The molecule has 0 saturated heterocycles. The Morgan fingerprint density at radius 2 is 1.94 bits per heavy atom. The predicted octanol–water partition coefficient (Wildman–Crippen LogP) is 2.69. The Morgan fingerprint density at radius 1 is 1.25 bits per heavy atom. The number of aromatic hydroxyl groups is 1. The van der Waals surface area contributed by atoms with Crippen LogP contribution in [0.25, 0.3) is 10.8 Å². The van der Waals surface area contributed by atoms with Gasteiger partial charge in [0.2, 0.25) is 0 Å². The van der Waals surface area contributed by atoms with E-state index < -0.39 is 11.8 Å². The first-order chi connectivity index (χ1) is 7.50. The fourth-order valence-electron chi connectivity index (χ4n) is 1.75. The number of benzene rings is 2. The van der Waals surface area contributed by atoms with Crippen LogP contribution < -0.4 is 0 Å². The largest absolute Gasteiger partial charge is 0.507 e. The molecule has 0 aliphatic carbocycles. The molecule has 2 aromatic carbocycles. The van der Waals surface area contributed by atoms with Crippen molar-refractivity contribution < 1.29 is 19.4 Å². The van der Waals surface area contributed by atoms with Crippen molar-refractivity contribution in [2.45, 2.75) is 6.92 Å². The molecular weight excluding hydrogens is 211 g/mol. The van der Waals surface area contributed by atoms with E-state index >= 15 is 0 Å². The fraction of sp³-hybridized carbons (Fsp3) is 0.0833. The number of phenols is 1. The van der Waals surface area contributed by atoms with Gasteiger partial charge in [0.05, 0.1) is 5.56 Å². The average molecular weight is 220 g/mol. The number of hydrogen-bond acceptors (Lipinski definition) is 2. The Morgan fingerprint density at radius 3 is 2.56 bits per heavy atom. The van der Waals surface area contributed by atoms with E-state index in [1.807, 2.05) is 0 Å². The summed E-state index contributed by atoms with van der Waals surface area (Å²) >= 11 is 0. The van der Waals surface area contributed by atoms with Crippen molar-refractivity contribution in [1.29, 1.82) is 0 Å². The van der Waals surface area contributed by atoms with E-state index in [1.165, 1.54) is 18.2 Å². The third-order valence-corrected chi connectivity index (χ3v) is 2.58. The van der Waals surface area contributed by atoms with Crippen LogP contribution in [-0.2, 0) is 0 Å². The van der Waals surface area contributed by atoms with Crippen LogP contribution in [0.1, 0.15) is 15.9 Å². The zero-order valence-corrected chi connectivity index (χ0v) is 8.49. The molecule has 16 heavy (non-hydrogen) atoms. The van der Waals surface area contributed by atoms with Gasteiger partial charge in [-0.15, -0.1) is 0 Å². The number of hydrogen-bond donors (Lipinski definition) is 2. The van der Waals surface area contributed by atoms with Crippen molar-refractivity contribution in [2.75, 3.05) is 0 Å². The lowest BCUT2D eigenvalue weighted by molar-refractivity contribution is 0.0696. The first kappa shape index (κ1) is 10.4. The smallest absolute Gasteiger partial charge is 0.336 e. The molecule has 2 rings (SSSR count). The molecule has 0 fully saturated rings. The van der Waals surface area contributed by atoms with Gasteiger partial charge in [0, 0.05) is 5.39 Å². The van der Waals surface area contributed by atoms with E-state index in [4.69, 9.17) is 5.11 Å². The number of phenolic OH excluding ortho intramolecular Hbond substituents is 1. The fourth-order valence-corrected chi connectivity index (χ4v) is 1.75. The minimum Gasteiger partial charge on any atom is -0.507 e. The molecule has 0 radical (unpaired) electrons. The van der Waals surface area contributed by atoms with E-state index in [9.17, 15) is 14.3 Å². The summed E-state index contributed by atoms with van der Waals surface area (Å²) in [5.41, 5.74) is 0.539. The second-order valence-electron chi connectivity index (χ2n) is 3.56. The summed E-state index contributed by atoms with van der Waals surface area (Å²) in [5, 5.41) is 19.4. The topological polar surface area (TPSA) is 57.5 Å². The molecule has 0 aliphatic rings. The third kappa shape index (κ3) is 1.48. The quantitative estimate of drug-likeness (QED) is 0.776. The summed E-state index contributed by atoms with van der Waals surface area (Å²) in [6.07, 6.45) is 0. The first-order valence-electron chi connectivity index (χ1n) is 4.66. The maximum atomic E-state index is 13.0. The summed E-state index contributed by atoms with van der Waals surface area (Å²) < 4.78 is 13.0. The van der Waals surface area contributed by atoms with Crippen LogP contribution in [-0.4, -0.2) is 16.2 Å².